The number of benzene rings is 3. The first kappa shape index (κ1) is 28.2. The highest BCUT2D eigenvalue weighted by Crippen LogP contribution is 2.24. The fraction of sp³-hybridized carbons (Fsp3) is 0.276. The van der Waals surface area contributed by atoms with E-state index in [4.69, 9.17) is 4.74 Å². The van der Waals surface area contributed by atoms with Crippen molar-refractivity contribution in [1.29, 1.82) is 0 Å². The number of rotatable bonds is 13. The number of nitrogens with one attached hydrogen (secondary N) is 2. The minimum atomic E-state index is -3.43. The van der Waals surface area contributed by atoms with E-state index in [9.17, 15) is 23.4 Å². The summed E-state index contributed by atoms with van der Waals surface area (Å²) in [6.45, 7) is 2.86. The molecule has 0 saturated carbocycles. The van der Waals surface area contributed by atoms with Gasteiger partial charge in [-0.3, -0.25) is 4.72 Å². The lowest BCUT2D eigenvalue weighted by Gasteiger charge is -2.18. The minimum Gasteiger partial charge on any atom is -0.491 e. The van der Waals surface area contributed by atoms with E-state index in [1.165, 1.54) is 0 Å². The maximum atomic E-state index is 12.0. The lowest BCUT2D eigenvalue weighted by molar-refractivity contribution is 0.0686. The van der Waals surface area contributed by atoms with E-state index in [0.29, 0.717) is 24.4 Å². The second-order valence-electron chi connectivity index (χ2n) is 9.68. The molecular weight excluding hydrogens is 518 g/mol. The summed E-state index contributed by atoms with van der Waals surface area (Å²) < 4.78 is 33.0. The van der Waals surface area contributed by atoms with Gasteiger partial charge in [-0.25, -0.2) is 13.2 Å². The lowest BCUT2D eigenvalue weighted by Crippen LogP contribution is -2.37. The molecule has 0 bridgehead atoms. The van der Waals surface area contributed by atoms with E-state index in [2.05, 4.69) is 10.0 Å². The van der Waals surface area contributed by atoms with Gasteiger partial charge in [0.1, 0.15) is 24.2 Å². The van der Waals surface area contributed by atoms with Crippen molar-refractivity contribution in [1.82, 2.24) is 9.88 Å². The second kappa shape index (κ2) is 12.3. The van der Waals surface area contributed by atoms with E-state index < -0.39 is 22.1 Å². The van der Waals surface area contributed by atoms with Crippen molar-refractivity contribution in [2.24, 2.45) is 0 Å². The number of aliphatic hydroxyl groups excluding tert-OH is 1. The quantitative estimate of drug-likeness (QED) is 0.199. The number of ether oxygens (including phenoxy) is 1. The summed E-state index contributed by atoms with van der Waals surface area (Å²) in [6, 6.07) is 23.8. The molecule has 0 aliphatic heterocycles. The molecule has 4 rings (SSSR count). The molecule has 9 nitrogen and oxygen atoms in total. The normalized spacial score (nSPS) is 13.2. The molecule has 1 heterocycles. The number of sulfonamides is 1. The average Bonchev–Trinajstić information content (AvgIpc) is 3.24. The second-order valence-corrected chi connectivity index (χ2v) is 11.4. The van der Waals surface area contributed by atoms with E-state index in [0.717, 1.165) is 28.3 Å². The largest absolute Gasteiger partial charge is 0.491 e. The number of para-hydroxylation sites is 1. The van der Waals surface area contributed by atoms with Crippen molar-refractivity contribution in [3.8, 4) is 5.75 Å². The first-order valence-electron chi connectivity index (χ1n) is 12.6. The molecule has 0 amide bonds. The predicted octanol–water partition coefficient (Wildman–Crippen LogP) is 3.72. The van der Waals surface area contributed by atoms with Gasteiger partial charge in [0.05, 0.1) is 6.26 Å². The standard InChI is InChI=1S/C29H33N3O6S/c1-20(30-17-25(33)19-38-26-9-4-3-5-10-26)13-21-11-12-27-23(14-21)16-28(29(34)35)32(27)18-22-7-6-8-24(15-22)31-39(2,36)37/h3-12,14-16,20,25,30-31,33H,13,17-19H2,1-2H3,(H,34,35). The van der Waals surface area contributed by atoms with Crippen LogP contribution in [0.3, 0.4) is 0 Å². The van der Waals surface area contributed by atoms with Gasteiger partial charge in [0, 0.05) is 35.7 Å². The average molecular weight is 552 g/mol. The number of aromatic nitrogens is 1. The van der Waals surface area contributed by atoms with E-state index >= 15 is 0 Å². The Hall–Kier alpha value is -3.86. The number of carboxylic acids is 1. The maximum Gasteiger partial charge on any atom is 0.352 e. The molecule has 10 heteroatoms. The van der Waals surface area contributed by atoms with Gasteiger partial charge in [0.25, 0.3) is 0 Å². The number of aliphatic hydroxyl groups is 1. The molecule has 0 radical (unpaired) electrons. The van der Waals surface area contributed by atoms with Gasteiger partial charge in [0.2, 0.25) is 10.0 Å². The number of hydrogen-bond donors (Lipinski definition) is 4. The highest BCUT2D eigenvalue weighted by Gasteiger charge is 2.17. The Balaban J connectivity index is 1.42. The Labute approximate surface area is 228 Å². The summed E-state index contributed by atoms with van der Waals surface area (Å²) in [7, 11) is -3.43. The van der Waals surface area contributed by atoms with Crippen LogP contribution in [0.15, 0.2) is 78.9 Å². The smallest absolute Gasteiger partial charge is 0.352 e. The number of aromatic carboxylic acids is 1. The summed E-state index contributed by atoms with van der Waals surface area (Å²) in [4.78, 5) is 12.0. The van der Waals surface area contributed by atoms with Gasteiger partial charge < -0.3 is 24.8 Å². The van der Waals surface area contributed by atoms with Gasteiger partial charge >= 0.3 is 5.97 Å². The van der Waals surface area contributed by atoms with Crippen LogP contribution >= 0.6 is 0 Å². The Bertz CT molecular complexity index is 1540. The third-order valence-electron chi connectivity index (χ3n) is 6.19. The third-order valence-corrected chi connectivity index (χ3v) is 6.79. The summed E-state index contributed by atoms with van der Waals surface area (Å²) in [5.74, 6) is -0.330. The third kappa shape index (κ3) is 8.06. The van der Waals surface area contributed by atoms with Crippen molar-refractivity contribution in [2.75, 3.05) is 24.1 Å². The molecule has 206 valence electrons. The van der Waals surface area contributed by atoms with Crippen LogP contribution in [0, 0.1) is 0 Å². The molecular formula is C29H33N3O6S. The van der Waals surface area contributed by atoms with Crippen LogP contribution in [-0.4, -0.2) is 60.7 Å². The highest BCUT2D eigenvalue weighted by atomic mass is 32.2. The molecule has 0 saturated heterocycles. The first-order chi connectivity index (χ1) is 18.6. The van der Waals surface area contributed by atoms with Crippen LogP contribution in [0.2, 0.25) is 0 Å². The molecule has 0 fully saturated rings. The van der Waals surface area contributed by atoms with Crippen molar-refractivity contribution in [3.05, 3.63) is 95.7 Å². The zero-order chi connectivity index (χ0) is 28.0. The summed E-state index contributed by atoms with van der Waals surface area (Å²) in [5.41, 5.74) is 3.14. The van der Waals surface area contributed by atoms with Crippen LogP contribution < -0.4 is 14.8 Å². The first-order valence-corrected chi connectivity index (χ1v) is 14.5. The van der Waals surface area contributed by atoms with Gasteiger partial charge in [-0.05, 0) is 66.9 Å². The van der Waals surface area contributed by atoms with Crippen LogP contribution in [0.5, 0.6) is 5.75 Å². The number of carbonyl (C=O) groups is 1. The predicted molar refractivity (Wildman–Crippen MR) is 152 cm³/mol. The number of carboxylic acid groups (broad SMARTS) is 1. The van der Waals surface area contributed by atoms with Crippen molar-refractivity contribution in [2.45, 2.75) is 32.0 Å². The molecule has 2 atom stereocenters. The van der Waals surface area contributed by atoms with Gasteiger partial charge in [-0.2, -0.15) is 0 Å². The minimum absolute atomic E-state index is 0.0694. The summed E-state index contributed by atoms with van der Waals surface area (Å²) in [5, 5.41) is 24.2. The van der Waals surface area contributed by atoms with Crippen molar-refractivity contribution >= 4 is 32.6 Å². The Morgan fingerprint density at radius 2 is 1.77 bits per heavy atom. The zero-order valence-electron chi connectivity index (χ0n) is 21.9. The molecule has 1 aromatic heterocycles. The molecule has 3 aromatic carbocycles. The number of nitrogens with zero attached hydrogens (tertiary/aromatic N) is 1. The van der Waals surface area contributed by atoms with Crippen molar-refractivity contribution < 1.29 is 28.2 Å². The Morgan fingerprint density at radius 1 is 1.00 bits per heavy atom. The summed E-state index contributed by atoms with van der Waals surface area (Å²) >= 11 is 0. The Morgan fingerprint density at radius 3 is 2.49 bits per heavy atom. The molecule has 0 aliphatic carbocycles. The molecule has 39 heavy (non-hydrogen) atoms. The zero-order valence-corrected chi connectivity index (χ0v) is 22.7. The monoisotopic (exact) mass is 551 g/mol. The molecule has 0 aliphatic rings. The topological polar surface area (TPSA) is 130 Å². The molecule has 0 spiro atoms. The number of anilines is 1. The molecule has 2 unspecified atom stereocenters. The van der Waals surface area contributed by atoms with Crippen molar-refractivity contribution in [3.63, 3.8) is 0 Å². The van der Waals surface area contributed by atoms with Crippen LogP contribution in [-0.2, 0) is 23.0 Å². The van der Waals surface area contributed by atoms with E-state index in [1.807, 2.05) is 61.5 Å². The van der Waals surface area contributed by atoms with Crippen LogP contribution in [0.1, 0.15) is 28.5 Å². The van der Waals surface area contributed by atoms with E-state index in [-0.39, 0.29) is 24.9 Å². The van der Waals surface area contributed by atoms with Gasteiger partial charge in [0.15, 0.2) is 0 Å². The van der Waals surface area contributed by atoms with Crippen LogP contribution in [0.4, 0.5) is 5.69 Å². The Kier molecular flexibility index (Phi) is 8.90. The molecule has 4 aromatic rings. The van der Waals surface area contributed by atoms with Crippen LogP contribution in [0.25, 0.3) is 10.9 Å². The van der Waals surface area contributed by atoms with Gasteiger partial charge in [-0.15, -0.1) is 0 Å². The fourth-order valence-electron chi connectivity index (χ4n) is 4.46. The SMILES string of the molecule is CC(Cc1ccc2c(c1)cc(C(=O)O)n2Cc1cccc(NS(C)(=O)=O)c1)NCC(O)COc1ccccc1. The van der Waals surface area contributed by atoms with Gasteiger partial charge in [-0.1, -0.05) is 36.4 Å². The maximum absolute atomic E-state index is 12.0. The number of fused-ring (bicyclic) bond motifs is 1. The summed E-state index contributed by atoms with van der Waals surface area (Å²) in [6.07, 6.45) is 1.11. The van der Waals surface area contributed by atoms with E-state index in [1.54, 1.807) is 28.8 Å². The molecule has 4 N–H and O–H groups in total. The fourth-order valence-corrected chi connectivity index (χ4v) is 5.01. The lowest BCUT2D eigenvalue weighted by atomic mass is 10.0. The number of hydrogen-bond acceptors (Lipinski definition) is 6. The highest BCUT2D eigenvalue weighted by molar-refractivity contribution is 7.92.